The number of hydrogen-bond donors (Lipinski definition) is 5. The number of aryl methyl sites for hydroxylation is 1. The van der Waals surface area contributed by atoms with Crippen molar-refractivity contribution < 1.29 is 43.7 Å². The second kappa shape index (κ2) is 15.7. The van der Waals surface area contributed by atoms with Crippen molar-refractivity contribution in [3.8, 4) is 5.75 Å². The molecule has 6 N–H and O–H groups in total. The summed E-state index contributed by atoms with van der Waals surface area (Å²) in [6.07, 6.45) is -1.08. The molecule has 5 amide bonds. The van der Waals surface area contributed by atoms with E-state index in [9.17, 15) is 39.0 Å². The molecule has 0 spiro atoms. The second-order valence-corrected chi connectivity index (χ2v) is 15.1. The molecule has 3 aromatic rings. The molecule has 2 unspecified atom stereocenters. The highest BCUT2D eigenvalue weighted by molar-refractivity contribution is 6.01. The van der Waals surface area contributed by atoms with Gasteiger partial charge in [-0.05, 0) is 72.7 Å². The van der Waals surface area contributed by atoms with Crippen LogP contribution in [0.25, 0.3) is 0 Å². The number of aliphatic hydroxyl groups is 1. The predicted octanol–water partition coefficient (Wildman–Crippen LogP) is 2.86. The Bertz CT molecular complexity index is 1930. The second-order valence-electron chi connectivity index (χ2n) is 15.1. The Morgan fingerprint density at radius 2 is 1.67 bits per heavy atom. The number of benzene rings is 3. The van der Waals surface area contributed by atoms with Gasteiger partial charge in [0.2, 0.25) is 35.1 Å². The SMILES string of the molecule is CC(=O)N[C@@H]1C[C@@H](C(=O)N(Cc2ccccc2)c2ccc(C(N)=O)cc2)N(C(=O)[C@@H](NC(=O)CCc2ccc3c(c2)C(O)C(C)(C(=O)O)O3)C(C)(C)C)C1. The van der Waals surface area contributed by atoms with Crippen LogP contribution < -0.4 is 26.0 Å². The number of amides is 5. The number of fused-ring (bicyclic) bond motifs is 1. The summed E-state index contributed by atoms with van der Waals surface area (Å²) in [6.45, 7) is 8.25. The first-order chi connectivity index (χ1) is 25.4. The van der Waals surface area contributed by atoms with E-state index in [2.05, 4.69) is 10.6 Å². The van der Waals surface area contributed by atoms with E-state index in [-0.39, 0.29) is 49.6 Å². The molecule has 5 rings (SSSR count). The average molecular weight is 742 g/mol. The van der Waals surface area contributed by atoms with E-state index < -0.39 is 64.8 Å². The van der Waals surface area contributed by atoms with E-state index in [0.717, 1.165) is 5.56 Å². The highest BCUT2D eigenvalue weighted by Crippen LogP contribution is 2.43. The third-order valence-corrected chi connectivity index (χ3v) is 9.89. The number of hydrogen-bond acceptors (Lipinski definition) is 8. The first-order valence-corrected chi connectivity index (χ1v) is 17.7. The molecule has 5 atom stereocenters. The van der Waals surface area contributed by atoms with Gasteiger partial charge in [-0.2, -0.15) is 0 Å². The van der Waals surface area contributed by atoms with Crippen molar-refractivity contribution in [2.45, 2.75) is 90.3 Å². The predicted molar refractivity (Wildman–Crippen MR) is 198 cm³/mol. The summed E-state index contributed by atoms with van der Waals surface area (Å²) in [5, 5.41) is 26.0. The van der Waals surface area contributed by atoms with E-state index in [4.69, 9.17) is 10.5 Å². The molecule has 0 aromatic heterocycles. The number of likely N-dealkylation sites (tertiary alicyclic amines) is 1. The Kier molecular flexibility index (Phi) is 11.5. The van der Waals surface area contributed by atoms with Gasteiger partial charge >= 0.3 is 5.97 Å². The van der Waals surface area contributed by atoms with Crippen LogP contribution in [-0.2, 0) is 36.9 Å². The number of carbonyl (C=O) groups excluding carboxylic acids is 5. The van der Waals surface area contributed by atoms with Gasteiger partial charge in [0.05, 0.1) is 6.54 Å². The maximum Gasteiger partial charge on any atom is 0.350 e. The Balaban J connectivity index is 1.38. The number of nitrogens with zero attached hydrogens (tertiary/aromatic N) is 2. The van der Waals surface area contributed by atoms with Crippen LogP contribution in [-0.4, -0.2) is 80.9 Å². The molecule has 1 fully saturated rings. The molecular weight excluding hydrogens is 694 g/mol. The van der Waals surface area contributed by atoms with E-state index in [0.29, 0.717) is 16.8 Å². The highest BCUT2D eigenvalue weighted by Gasteiger charge is 2.51. The van der Waals surface area contributed by atoms with Gasteiger partial charge in [-0.3, -0.25) is 24.0 Å². The molecule has 0 saturated carbocycles. The fourth-order valence-corrected chi connectivity index (χ4v) is 6.86. The van der Waals surface area contributed by atoms with Gasteiger partial charge in [0, 0.05) is 42.7 Å². The number of rotatable bonds is 12. The highest BCUT2D eigenvalue weighted by atomic mass is 16.5. The number of carboxylic acid groups (broad SMARTS) is 1. The van der Waals surface area contributed by atoms with Crippen LogP contribution in [0, 0.1) is 5.41 Å². The molecule has 54 heavy (non-hydrogen) atoms. The molecule has 2 heterocycles. The molecule has 286 valence electrons. The lowest BCUT2D eigenvalue weighted by molar-refractivity contribution is -0.160. The normalized spacial score (nSPS) is 21.0. The van der Waals surface area contributed by atoms with Crippen LogP contribution in [0.4, 0.5) is 5.69 Å². The van der Waals surface area contributed by atoms with Gasteiger partial charge < -0.3 is 41.1 Å². The molecule has 3 aromatic carbocycles. The zero-order chi connectivity index (χ0) is 39.5. The number of aliphatic carboxylic acids is 1. The largest absolute Gasteiger partial charge is 0.478 e. The summed E-state index contributed by atoms with van der Waals surface area (Å²) < 4.78 is 5.51. The smallest absolute Gasteiger partial charge is 0.350 e. The van der Waals surface area contributed by atoms with Crippen LogP contribution in [0.3, 0.4) is 0 Å². The van der Waals surface area contributed by atoms with Crippen molar-refractivity contribution >= 4 is 41.2 Å². The van der Waals surface area contributed by atoms with Gasteiger partial charge in [-0.1, -0.05) is 57.2 Å². The minimum Gasteiger partial charge on any atom is -0.478 e. The summed E-state index contributed by atoms with van der Waals surface area (Å²) in [4.78, 5) is 81.3. The van der Waals surface area contributed by atoms with E-state index >= 15 is 0 Å². The number of aliphatic hydroxyl groups excluding tert-OH is 1. The molecule has 1 saturated heterocycles. The monoisotopic (exact) mass is 741 g/mol. The average Bonchev–Trinajstić information content (AvgIpc) is 3.65. The Morgan fingerprint density at radius 3 is 2.26 bits per heavy atom. The summed E-state index contributed by atoms with van der Waals surface area (Å²) in [7, 11) is 0. The third-order valence-electron chi connectivity index (χ3n) is 9.89. The van der Waals surface area contributed by atoms with Crippen LogP contribution in [0.5, 0.6) is 5.75 Å². The number of carboxylic acids is 1. The van der Waals surface area contributed by atoms with Gasteiger partial charge in [-0.15, -0.1) is 0 Å². The van der Waals surface area contributed by atoms with Crippen molar-refractivity contribution in [1.29, 1.82) is 0 Å². The zero-order valence-electron chi connectivity index (χ0n) is 31.0. The lowest BCUT2D eigenvalue weighted by atomic mass is 9.85. The summed E-state index contributed by atoms with van der Waals surface area (Å²) in [5.41, 5.74) is 5.36. The number of primary amides is 1. The first kappa shape index (κ1) is 39.4. The number of nitrogens with one attached hydrogen (secondary N) is 2. The van der Waals surface area contributed by atoms with Crippen molar-refractivity contribution in [2.75, 3.05) is 11.4 Å². The molecular formula is C40H47N5O9. The lowest BCUT2D eigenvalue weighted by Crippen LogP contribution is -2.58. The van der Waals surface area contributed by atoms with Gasteiger partial charge in [0.25, 0.3) is 0 Å². The summed E-state index contributed by atoms with van der Waals surface area (Å²) in [5.74, 6) is -3.33. The number of ether oxygens (including phenoxy) is 1. The fraction of sp³-hybridized carbons (Fsp3) is 0.400. The van der Waals surface area contributed by atoms with Crippen LogP contribution in [0.2, 0.25) is 0 Å². The lowest BCUT2D eigenvalue weighted by Gasteiger charge is -2.36. The van der Waals surface area contributed by atoms with E-state index in [1.54, 1.807) is 51.1 Å². The maximum atomic E-state index is 14.6. The molecule has 0 radical (unpaired) electrons. The molecule has 2 aliphatic heterocycles. The zero-order valence-corrected chi connectivity index (χ0v) is 31.0. The topological polar surface area (TPSA) is 209 Å². The van der Waals surface area contributed by atoms with Crippen molar-refractivity contribution in [1.82, 2.24) is 15.5 Å². The molecule has 14 heteroatoms. The minimum atomic E-state index is -1.83. The minimum absolute atomic E-state index is 0.0329. The van der Waals surface area contributed by atoms with Crippen LogP contribution in [0.1, 0.15) is 80.6 Å². The van der Waals surface area contributed by atoms with Crippen molar-refractivity contribution in [3.63, 3.8) is 0 Å². The van der Waals surface area contributed by atoms with Crippen LogP contribution in [0.15, 0.2) is 72.8 Å². The Labute approximate surface area is 313 Å². The quantitative estimate of drug-likeness (QED) is 0.185. The molecule has 14 nitrogen and oxygen atoms in total. The summed E-state index contributed by atoms with van der Waals surface area (Å²) >= 11 is 0. The summed E-state index contributed by atoms with van der Waals surface area (Å²) in [6, 6.07) is 17.8. The van der Waals surface area contributed by atoms with Gasteiger partial charge in [0.15, 0.2) is 0 Å². The van der Waals surface area contributed by atoms with Crippen LogP contribution >= 0.6 is 0 Å². The standard InChI is InChI=1S/C40H47N5O9/c1-23(46)42-27-20-30(36(50)44(21-25-9-7-6-8-10-25)28-15-13-26(14-16-28)35(41)49)45(22-27)37(51)33(39(2,3)4)43-32(47)18-12-24-11-17-31-29(19-24)34(48)40(5,54-31)38(52)53/h6-11,13-17,19,27,30,33-34,48H,12,18,20-22H2,1-5H3,(H2,41,49)(H,42,46)(H,43,47)(H,52,53)/t27-,30+,33-,34?,40?/m1/s1. The van der Waals surface area contributed by atoms with E-state index in [1.165, 1.54) is 35.8 Å². The molecule has 0 bridgehead atoms. The number of nitrogens with two attached hydrogens (primary N) is 1. The molecule has 0 aliphatic carbocycles. The van der Waals surface area contributed by atoms with Crippen molar-refractivity contribution in [3.05, 3.63) is 95.1 Å². The Morgan fingerprint density at radius 1 is 1.00 bits per heavy atom. The number of carbonyl (C=O) groups is 6. The van der Waals surface area contributed by atoms with Crippen molar-refractivity contribution in [2.24, 2.45) is 11.1 Å². The van der Waals surface area contributed by atoms with E-state index in [1.807, 2.05) is 30.3 Å². The Hall–Kier alpha value is -5.76. The molecule has 2 aliphatic rings. The number of anilines is 1. The van der Waals surface area contributed by atoms with Gasteiger partial charge in [-0.25, -0.2) is 4.79 Å². The third kappa shape index (κ3) is 8.54. The fourth-order valence-electron chi connectivity index (χ4n) is 6.86. The first-order valence-electron chi connectivity index (χ1n) is 17.7. The maximum absolute atomic E-state index is 14.6. The van der Waals surface area contributed by atoms with Gasteiger partial charge in [0.1, 0.15) is 23.9 Å².